The third-order valence-electron chi connectivity index (χ3n) is 2.90. The van der Waals surface area contributed by atoms with E-state index in [1.807, 2.05) is 13.8 Å². The Morgan fingerprint density at radius 3 is 2.19 bits per heavy atom. The first-order valence-corrected chi connectivity index (χ1v) is 8.41. The monoisotopic (exact) mass is 312 g/mol. The molecule has 0 N–H and O–H groups in total. The van der Waals surface area contributed by atoms with Crippen LogP contribution in [-0.4, -0.2) is 32.5 Å². The molecule has 0 saturated heterocycles. The van der Waals surface area contributed by atoms with E-state index in [-0.39, 0.29) is 11.5 Å². The van der Waals surface area contributed by atoms with Gasteiger partial charge in [0.25, 0.3) is 0 Å². The van der Waals surface area contributed by atoms with E-state index in [1.54, 1.807) is 19.1 Å². The van der Waals surface area contributed by atoms with Crippen molar-refractivity contribution in [3.63, 3.8) is 0 Å². The lowest BCUT2D eigenvalue weighted by atomic mass is 10.0. The van der Waals surface area contributed by atoms with Crippen molar-refractivity contribution >= 4 is 21.6 Å². The van der Waals surface area contributed by atoms with Gasteiger partial charge in [-0.1, -0.05) is 26.0 Å². The number of rotatable bonds is 7. The number of esters is 1. The number of hydrogen-bond donors (Lipinski definition) is 0. The molecule has 0 aliphatic carbocycles. The fraction of sp³-hybridized carbons (Fsp3) is 0.467. The highest BCUT2D eigenvalue weighted by Crippen LogP contribution is 2.18. The van der Waals surface area contributed by atoms with Crippen LogP contribution < -0.4 is 0 Å². The Labute approximate surface area is 125 Å². The van der Waals surface area contributed by atoms with Crippen LogP contribution in [0.15, 0.2) is 29.2 Å². The Morgan fingerprint density at radius 1 is 1.14 bits per heavy atom. The maximum Gasteiger partial charge on any atom is 0.313 e. The minimum Gasteiger partial charge on any atom is -0.466 e. The maximum absolute atomic E-state index is 12.1. The van der Waals surface area contributed by atoms with E-state index in [1.165, 1.54) is 12.1 Å². The van der Waals surface area contributed by atoms with Gasteiger partial charge in [-0.25, -0.2) is 8.42 Å². The second-order valence-corrected chi connectivity index (χ2v) is 6.99. The predicted molar refractivity (Wildman–Crippen MR) is 78.8 cm³/mol. The summed E-state index contributed by atoms with van der Waals surface area (Å²) in [7, 11) is -3.72. The molecule has 0 fully saturated rings. The number of sulfone groups is 1. The smallest absolute Gasteiger partial charge is 0.313 e. The molecule has 0 saturated carbocycles. The van der Waals surface area contributed by atoms with Crippen LogP contribution >= 0.6 is 0 Å². The first-order chi connectivity index (χ1) is 9.76. The van der Waals surface area contributed by atoms with Crippen molar-refractivity contribution in [2.75, 3.05) is 12.4 Å². The van der Waals surface area contributed by atoms with Gasteiger partial charge in [0, 0.05) is 0 Å². The van der Waals surface area contributed by atoms with Crippen molar-refractivity contribution in [2.45, 2.75) is 38.0 Å². The lowest BCUT2D eigenvalue weighted by Crippen LogP contribution is -2.20. The van der Waals surface area contributed by atoms with Crippen molar-refractivity contribution in [2.24, 2.45) is 0 Å². The zero-order valence-corrected chi connectivity index (χ0v) is 13.3. The second kappa shape index (κ2) is 7.36. The topological polar surface area (TPSA) is 77.5 Å². The SMILES string of the molecule is CCOC(=O)CC(=O)CS(=O)(=O)c1ccc(C(C)C)cc1. The number of benzene rings is 1. The Hall–Kier alpha value is -1.69. The highest BCUT2D eigenvalue weighted by Gasteiger charge is 2.21. The highest BCUT2D eigenvalue weighted by atomic mass is 32.2. The average molecular weight is 312 g/mol. The van der Waals surface area contributed by atoms with Gasteiger partial charge in [0.1, 0.15) is 12.2 Å². The molecule has 0 atom stereocenters. The molecule has 1 aromatic rings. The van der Waals surface area contributed by atoms with Gasteiger partial charge in [0.05, 0.1) is 11.5 Å². The minimum absolute atomic E-state index is 0.0871. The molecule has 0 amide bonds. The summed E-state index contributed by atoms with van der Waals surface area (Å²) in [4.78, 5) is 22.9. The van der Waals surface area contributed by atoms with Gasteiger partial charge >= 0.3 is 5.97 Å². The third kappa shape index (κ3) is 5.30. The third-order valence-corrected chi connectivity index (χ3v) is 4.60. The molecule has 6 heteroatoms. The molecule has 0 aliphatic rings. The molecule has 1 rings (SSSR count). The first kappa shape index (κ1) is 17.4. The predicted octanol–water partition coefficient (Wildman–Crippen LogP) is 2.11. The van der Waals surface area contributed by atoms with Crippen LogP contribution in [0.4, 0.5) is 0 Å². The van der Waals surface area contributed by atoms with Gasteiger partial charge in [-0.3, -0.25) is 9.59 Å². The van der Waals surface area contributed by atoms with Gasteiger partial charge in [-0.15, -0.1) is 0 Å². The molecule has 1 aromatic carbocycles. The molecule has 5 nitrogen and oxygen atoms in total. The summed E-state index contributed by atoms with van der Waals surface area (Å²) >= 11 is 0. The highest BCUT2D eigenvalue weighted by molar-refractivity contribution is 7.92. The average Bonchev–Trinajstić information content (AvgIpc) is 2.38. The van der Waals surface area contributed by atoms with E-state index in [4.69, 9.17) is 0 Å². The summed E-state index contributed by atoms with van der Waals surface area (Å²) in [6.07, 6.45) is -0.517. The summed E-state index contributed by atoms with van der Waals surface area (Å²) in [6.45, 7) is 5.80. The van der Waals surface area contributed by atoms with Crippen LogP contribution in [0.2, 0.25) is 0 Å². The van der Waals surface area contributed by atoms with Crippen molar-refractivity contribution in [3.05, 3.63) is 29.8 Å². The van der Waals surface area contributed by atoms with Crippen molar-refractivity contribution in [3.8, 4) is 0 Å². The summed E-state index contributed by atoms with van der Waals surface area (Å²) in [5.74, 6) is -1.76. The first-order valence-electron chi connectivity index (χ1n) is 6.76. The molecule has 0 unspecified atom stereocenters. The van der Waals surface area contributed by atoms with E-state index in [2.05, 4.69) is 4.74 Å². The number of hydrogen-bond acceptors (Lipinski definition) is 5. The van der Waals surface area contributed by atoms with E-state index in [0.717, 1.165) is 5.56 Å². The Bertz CT molecular complexity index is 599. The van der Waals surface area contributed by atoms with Crippen LogP contribution in [0.5, 0.6) is 0 Å². The van der Waals surface area contributed by atoms with Crippen LogP contribution in [0.3, 0.4) is 0 Å². The van der Waals surface area contributed by atoms with E-state index >= 15 is 0 Å². The summed E-state index contributed by atoms with van der Waals surface area (Å²) < 4.78 is 28.8. The van der Waals surface area contributed by atoms with E-state index < -0.39 is 33.8 Å². The minimum atomic E-state index is -3.72. The second-order valence-electron chi connectivity index (χ2n) is 5.00. The number of carbonyl (C=O) groups excluding carboxylic acids is 2. The number of ketones is 1. The van der Waals surface area contributed by atoms with Gasteiger partial charge < -0.3 is 4.74 Å². The van der Waals surface area contributed by atoms with Crippen molar-refractivity contribution < 1.29 is 22.7 Å². The van der Waals surface area contributed by atoms with Gasteiger partial charge in [-0.2, -0.15) is 0 Å². The van der Waals surface area contributed by atoms with Crippen LogP contribution in [0.1, 0.15) is 38.7 Å². The molecule has 0 heterocycles. The molecule has 0 spiro atoms. The van der Waals surface area contributed by atoms with Crippen LogP contribution in [0, 0.1) is 0 Å². The summed E-state index contributed by atoms with van der Waals surface area (Å²) in [6, 6.07) is 6.44. The standard InChI is InChI=1S/C15H20O5S/c1-4-20-15(17)9-13(16)10-21(18,19)14-7-5-12(6-8-14)11(2)3/h5-8,11H,4,9-10H2,1-3H3. The van der Waals surface area contributed by atoms with E-state index in [9.17, 15) is 18.0 Å². The molecule has 21 heavy (non-hydrogen) atoms. The Kier molecular flexibility index (Phi) is 6.08. The van der Waals surface area contributed by atoms with Crippen molar-refractivity contribution in [1.29, 1.82) is 0 Å². The van der Waals surface area contributed by atoms with Crippen LogP contribution in [-0.2, 0) is 24.2 Å². The lowest BCUT2D eigenvalue weighted by Gasteiger charge is -2.07. The fourth-order valence-electron chi connectivity index (χ4n) is 1.78. The molecule has 116 valence electrons. The number of Topliss-reactive ketones (excluding diaryl/α,β-unsaturated/α-hetero) is 1. The van der Waals surface area contributed by atoms with Gasteiger partial charge in [-0.05, 0) is 30.5 Å². The van der Waals surface area contributed by atoms with Gasteiger partial charge in [0.2, 0.25) is 0 Å². The van der Waals surface area contributed by atoms with Gasteiger partial charge in [0.15, 0.2) is 15.6 Å². The summed E-state index contributed by atoms with van der Waals surface area (Å²) in [5, 5.41) is 0. The molecular weight excluding hydrogens is 292 g/mol. The normalized spacial score (nSPS) is 11.4. The fourth-order valence-corrected chi connectivity index (χ4v) is 3.02. The Balaban J connectivity index is 2.77. The largest absolute Gasteiger partial charge is 0.466 e. The Morgan fingerprint density at radius 2 is 1.71 bits per heavy atom. The van der Waals surface area contributed by atoms with Crippen molar-refractivity contribution in [1.82, 2.24) is 0 Å². The maximum atomic E-state index is 12.1. The molecular formula is C15H20O5S. The quantitative estimate of drug-likeness (QED) is 0.569. The zero-order chi connectivity index (χ0) is 16.0. The number of carbonyl (C=O) groups is 2. The molecule has 0 aliphatic heterocycles. The summed E-state index contributed by atoms with van der Waals surface area (Å²) in [5.41, 5.74) is 1.02. The lowest BCUT2D eigenvalue weighted by molar-refractivity contribution is -0.145. The molecule has 0 radical (unpaired) electrons. The number of ether oxygens (including phenoxy) is 1. The zero-order valence-electron chi connectivity index (χ0n) is 12.5. The molecule has 0 aromatic heterocycles. The molecule has 0 bridgehead atoms. The van der Waals surface area contributed by atoms with E-state index in [0.29, 0.717) is 5.92 Å². The van der Waals surface area contributed by atoms with Crippen LogP contribution in [0.25, 0.3) is 0 Å².